The van der Waals surface area contributed by atoms with Gasteiger partial charge in [0.15, 0.2) is 0 Å². The summed E-state index contributed by atoms with van der Waals surface area (Å²) in [6, 6.07) is 6.83. The van der Waals surface area contributed by atoms with Gasteiger partial charge in [-0.1, -0.05) is 0 Å². The molecule has 1 aliphatic heterocycles. The molecule has 5 nitrogen and oxygen atoms in total. The van der Waals surface area contributed by atoms with Gasteiger partial charge in [0.25, 0.3) is 0 Å². The number of nitrogens with zero attached hydrogens (tertiary/aromatic N) is 4. The number of aliphatic hydroxyl groups excluding tert-OH is 1. The molecule has 1 aliphatic rings. The topological polar surface area (TPSA) is 44.5 Å². The predicted octanol–water partition coefficient (Wildman–Crippen LogP) is 2.13. The quantitative estimate of drug-likeness (QED) is 0.901. The normalized spacial score (nSPS) is 19.5. The van der Waals surface area contributed by atoms with Gasteiger partial charge in [-0.2, -0.15) is 5.10 Å². The lowest BCUT2D eigenvalue weighted by Crippen LogP contribution is -2.51. The molecule has 1 aromatic carbocycles. The Morgan fingerprint density at radius 1 is 1.20 bits per heavy atom. The van der Waals surface area contributed by atoms with Crippen LogP contribution in [-0.4, -0.2) is 64.0 Å². The van der Waals surface area contributed by atoms with Crippen LogP contribution < -0.4 is 0 Å². The van der Waals surface area contributed by atoms with Crippen LogP contribution in [0.5, 0.6) is 0 Å². The van der Waals surface area contributed by atoms with Crippen molar-refractivity contribution >= 4 is 0 Å². The zero-order valence-electron chi connectivity index (χ0n) is 15.2. The van der Waals surface area contributed by atoms with Crippen molar-refractivity contribution < 1.29 is 9.50 Å². The fourth-order valence-electron chi connectivity index (χ4n) is 3.58. The first-order valence-electron chi connectivity index (χ1n) is 8.84. The molecule has 1 saturated heterocycles. The highest BCUT2D eigenvalue weighted by atomic mass is 19.1. The lowest BCUT2D eigenvalue weighted by atomic mass is 10.1. The number of aryl methyl sites for hydroxylation is 1. The van der Waals surface area contributed by atoms with E-state index in [1.165, 1.54) is 17.7 Å². The molecule has 3 rings (SSSR count). The van der Waals surface area contributed by atoms with Gasteiger partial charge >= 0.3 is 0 Å². The van der Waals surface area contributed by atoms with E-state index in [4.69, 9.17) is 0 Å². The molecule has 25 heavy (non-hydrogen) atoms. The smallest absolute Gasteiger partial charge is 0.123 e. The van der Waals surface area contributed by atoms with Crippen molar-refractivity contribution in [1.29, 1.82) is 0 Å². The van der Waals surface area contributed by atoms with Gasteiger partial charge in [-0.05, 0) is 51.6 Å². The van der Waals surface area contributed by atoms with Crippen molar-refractivity contribution in [2.75, 3.05) is 33.3 Å². The standard InChI is InChI=1S/C19H27FN4O/c1-14-19(13-23-10-9-22(3)18(12-23)8-11-25)15(2)24(21-14)17-6-4-16(20)5-7-17/h4-7,18,25H,8-13H2,1-3H3/t18-/m0/s1. The Hall–Kier alpha value is -1.76. The average Bonchev–Trinajstić information content (AvgIpc) is 2.87. The van der Waals surface area contributed by atoms with Crippen molar-refractivity contribution in [3.05, 3.63) is 47.0 Å². The number of aromatic nitrogens is 2. The summed E-state index contributed by atoms with van der Waals surface area (Å²) in [6.45, 7) is 8.16. The number of aliphatic hydroxyl groups is 1. The second-order valence-electron chi connectivity index (χ2n) is 6.92. The SMILES string of the molecule is Cc1nn(-c2ccc(F)cc2)c(C)c1CN1CCN(C)[C@@H](CCO)C1. The molecular formula is C19H27FN4O. The Bertz CT molecular complexity index is 713. The average molecular weight is 346 g/mol. The van der Waals surface area contributed by atoms with E-state index in [0.29, 0.717) is 6.04 Å². The van der Waals surface area contributed by atoms with Crippen LogP contribution in [0.1, 0.15) is 23.4 Å². The van der Waals surface area contributed by atoms with Gasteiger partial charge in [-0.3, -0.25) is 4.90 Å². The van der Waals surface area contributed by atoms with E-state index < -0.39 is 0 Å². The van der Waals surface area contributed by atoms with E-state index in [9.17, 15) is 9.50 Å². The van der Waals surface area contributed by atoms with Crippen LogP contribution in [0, 0.1) is 19.7 Å². The van der Waals surface area contributed by atoms with E-state index in [1.54, 1.807) is 12.1 Å². The molecule has 1 fully saturated rings. The molecule has 0 aliphatic carbocycles. The van der Waals surface area contributed by atoms with Crippen LogP contribution >= 0.6 is 0 Å². The minimum atomic E-state index is -0.238. The number of rotatable bonds is 5. The van der Waals surface area contributed by atoms with Crippen LogP contribution in [0.3, 0.4) is 0 Å². The Kier molecular flexibility index (Phi) is 5.51. The molecule has 1 aromatic heterocycles. The second kappa shape index (κ2) is 7.64. The first-order chi connectivity index (χ1) is 12.0. The summed E-state index contributed by atoms with van der Waals surface area (Å²) >= 11 is 0. The first kappa shape index (κ1) is 18.0. The maximum absolute atomic E-state index is 13.2. The van der Waals surface area contributed by atoms with Crippen LogP contribution in [0.15, 0.2) is 24.3 Å². The maximum atomic E-state index is 13.2. The summed E-state index contributed by atoms with van der Waals surface area (Å²) in [5.74, 6) is -0.238. The third-order valence-corrected chi connectivity index (χ3v) is 5.22. The third kappa shape index (κ3) is 3.92. The lowest BCUT2D eigenvalue weighted by Gasteiger charge is -2.39. The molecule has 0 spiro atoms. The Balaban J connectivity index is 1.78. The number of hydrogen-bond donors (Lipinski definition) is 1. The number of likely N-dealkylation sites (N-methyl/N-ethyl adjacent to an activating group) is 1. The molecule has 2 heterocycles. The van der Waals surface area contributed by atoms with E-state index in [1.807, 2.05) is 11.6 Å². The zero-order valence-corrected chi connectivity index (χ0v) is 15.2. The second-order valence-corrected chi connectivity index (χ2v) is 6.92. The molecule has 2 aromatic rings. The van der Waals surface area contributed by atoms with Crippen molar-refractivity contribution in [1.82, 2.24) is 19.6 Å². The van der Waals surface area contributed by atoms with Gasteiger partial charge in [-0.15, -0.1) is 0 Å². The lowest BCUT2D eigenvalue weighted by molar-refractivity contribution is 0.0741. The summed E-state index contributed by atoms with van der Waals surface area (Å²) in [4.78, 5) is 4.76. The molecule has 0 amide bonds. The summed E-state index contributed by atoms with van der Waals surface area (Å²) in [5, 5.41) is 13.9. The third-order valence-electron chi connectivity index (χ3n) is 5.22. The number of piperazine rings is 1. The molecular weight excluding hydrogens is 319 g/mol. The van der Waals surface area contributed by atoms with Crippen LogP contribution in [-0.2, 0) is 6.54 Å². The Morgan fingerprint density at radius 2 is 1.92 bits per heavy atom. The molecule has 136 valence electrons. The first-order valence-corrected chi connectivity index (χ1v) is 8.84. The van der Waals surface area contributed by atoms with Gasteiger partial charge in [0.2, 0.25) is 0 Å². The molecule has 0 bridgehead atoms. The fraction of sp³-hybridized carbons (Fsp3) is 0.526. The van der Waals surface area contributed by atoms with Crippen LogP contribution in [0.4, 0.5) is 4.39 Å². The van der Waals surface area contributed by atoms with Crippen molar-refractivity contribution in [3.8, 4) is 5.69 Å². The number of benzene rings is 1. The molecule has 0 radical (unpaired) electrons. The molecule has 6 heteroatoms. The van der Waals surface area contributed by atoms with E-state index in [0.717, 1.165) is 49.7 Å². The highest BCUT2D eigenvalue weighted by Crippen LogP contribution is 2.21. The minimum absolute atomic E-state index is 0.226. The Labute approximate surface area is 148 Å². The minimum Gasteiger partial charge on any atom is -0.396 e. The van der Waals surface area contributed by atoms with Crippen molar-refractivity contribution in [2.45, 2.75) is 32.9 Å². The largest absolute Gasteiger partial charge is 0.396 e. The molecule has 1 N–H and O–H groups in total. The monoisotopic (exact) mass is 346 g/mol. The van der Waals surface area contributed by atoms with Crippen LogP contribution in [0.25, 0.3) is 5.69 Å². The highest BCUT2D eigenvalue weighted by Gasteiger charge is 2.25. The zero-order chi connectivity index (χ0) is 18.0. The highest BCUT2D eigenvalue weighted by molar-refractivity contribution is 5.37. The summed E-state index contributed by atoms with van der Waals surface area (Å²) in [5.41, 5.74) is 4.22. The summed E-state index contributed by atoms with van der Waals surface area (Å²) < 4.78 is 15.1. The van der Waals surface area contributed by atoms with Gasteiger partial charge in [0.1, 0.15) is 5.82 Å². The summed E-state index contributed by atoms with van der Waals surface area (Å²) in [6.07, 6.45) is 0.805. The predicted molar refractivity (Wildman–Crippen MR) is 96.4 cm³/mol. The van der Waals surface area contributed by atoms with E-state index in [-0.39, 0.29) is 12.4 Å². The van der Waals surface area contributed by atoms with Crippen molar-refractivity contribution in [3.63, 3.8) is 0 Å². The number of halogens is 1. The molecule has 1 atom stereocenters. The van der Waals surface area contributed by atoms with Gasteiger partial charge in [0.05, 0.1) is 11.4 Å². The van der Waals surface area contributed by atoms with Crippen molar-refractivity contribution in [2.24, 2.45) is 0 Å². The van der Waals surface area contributed by atoms with E-state index >= 15 is 0 Å². The Morgan fingerprint density at radius 3 is 2.60 bits per heavy atom. The number of hydrogen-bond acceptors (Lipinski definition) is 4. The summed E-state index contributed by atoms with van der Waals surface area (Å²) in [7, 11) is 2.13. The van der Waals surface area contributed by atoms with Crippen LogP contribution in [0.2, 0.25) is 0 Å². The maximum Gasteiger partial charge on any atom is 0.123 e. The van der Waals surface area contributed by atoms with E-state index in [2.05, 4.69) is 28.9 Å². The van der Waals surface area contributed by atoms with Gasteiger partial charge in [0, 0.05) is 50.1 Å². The fourth-order valence-corrected chi connectivity index (χ4v) is 3.58. The van der Waals surface area contributed by atoms with Gasteiger partial charge in [-0.25, -0.2) is 9.07 Å². The molecule has 0 saturated carbocycles. The van der Waals surface area contributed by atoms with Gasteiger partial charge < -0.3 is 10.0 Å². The molecule has 0 unspecified atom stereocenters.